The fourth-order valence-corrected chi connectivity index (χ4v) is 3.88. The molecule has 0 amide bonds. The van der Waals surface area contributed by atoms with Crippen molar-refractivity contribution in [2.75, 3.05) is 19.6 Å². The summed E-state index contributed by atoms with van der Waals surface area (Å²) >= 11 is 0. The van der Waals surface area contributed by atoms with E-state index in [0.717, 1.165) is 69.4 Å². The number of nitrogens with zero attached hydrogens (tertiary/aromatic N) is 6. The van der Waals surface area contributed by atoms with Crippen LogP contribution in [0.1, 0.15) is 17.2 Å². The maximum Gasteiger partial charge on any atom is 0.164 e. The van der Waals surface area contributed by atoms with Crippen molar-refractivity contribution in [3.63, 3.8) is 0 Å². The van der Waals surface area contributed by atoms with Gasteiger partial charge >= 0.3 is 0 Å². The molecule has 134 valence electrons. The molecule has 26 heavy (non-hydrogen) atoms. The van der Waals surface area contributed by atoms with Gasteiger partial charge in [0.05, 0.1) is 17.9 Å². The number of aromatic nitrogens is 5. The van der Waals surface area contributed by atoms with Gasteiger partial charge in [0.2, 0.25) is 0 Å². The normalized spacial score (nSPS) is 17.5. The van der Waals surface area contributed by atoms with E-state index in [2.05, 4.69) is 60.0 Å². The van der Waals surface area contributed by atoms with Crippen molar-refractivity contribution >= 4 is 0 Å². The van der Waals surface area contributed by atoms with E-state index < -0.39 is 0 Å². The van der Waals surface area contributed by atoms with Crippen molar-refractivity contribution in [3.8, 4) is 11.4 Å². The first-order valence-corrected chi connectivity index (χ1v) is 9.33. The van der Waals surface area contributed by atoms with E-state index in [-0.39, 0.29) is 0 Å². The summed E-state index contributed by atoms with van der Waals surface area (Å²) in [5, 5.41) is 17.1. The minimum atomic E-state index is 0.902. The van der Waals surface area contributed by atoms with Crippen LogP contribution in [0.4, 0.5) is 0 Å². The van der Waals surface area contributed by atoms with Gasteiger partial charge < -0.3 is 9.88 Å². The molecule has 0 unspecified atom stereocenters. The molecular weight excluding hydrogens is 326 g/mol. The maximum absolute atomic E-state index is 4.78. The molecule has 0 atom stereocenters. The monoisotopic (exact) mass is 349 g/mol. The van der Waals surface area contributed by atoms with Gasteiger partial charge in [-0.25, -0.2) is 0 Å². The summed E-state index contributed by atoms with van der Waals surface area (Å²) < 4.78 is 4.42. The molecule has 2 aliphatic heterocycles. The van der Waals surface area contributed by atoms with Crippen LogP contribution in [0.25, 0.3) is 11.4 Å². The molecule has 0 saturated heterocycles. The Morgan fingerprint density at radius 3 is 2.81 bits per heavy atom. The van der Waals surface area contributed by atoms with Crippen LogP contribution in [-0.4, -0.2) is 49.1 Å². The summed E-state index contributed by atoms with van der Waals surface area (Å²) in [4.78, 5) is 2.48. The first-order chi connectivity index (χ1) is 12.9. The predicted octanol–water partition coefficient (Wildman–Crippen LogP) is 1.30. The van der Waals surface area contributed by atoms with Crippen molar-refractivity contribution in [1.29, 1.82) is 0 Å². The first-order valence-electron chi connectivity index (χ1n) is 9.33. The van der Waals surface area contributed by atoms with Crippen LogP contribution >= 0.6 is 0 Å². The third-order valence-corrected chi connectivity index (χ3v) is 5.26. The Bertz CT molecular complexity index is 873. The molecule has 1 N–H and O–H groups in total. The third-order valence-electron chi connectivity index (χ3n) is 5.26. The average Bonchev–Trinajstić information content (AvgIpc) is 3.22. The Balaban J connectivity index is 1.31. The van der Waals surface area contributed by atoms with Crippen molar-refractivity contribution in [3.05, 3.63) is 53.6 Å². The lowest BCUT2D eigenvalue weighted by molar-refractivity contribution is 0.267. The van der Waals surface area contributed by atoms with Gasteiger partial charge in [0.1, 0.15) is 5.82 Å². The minimum Gasteiger partial charge on any atom is -0.310 e. The van der Waals surface area contributed by atoms with Crippen molar-refractivity contribution in [1.82, 2.24) is 34.8 Å². The van der Waals surface area contributed by atoms with E-state index >= 15 is 0 Å². The number of hydrogen-bond donors (Lipinski definition) is 1. The van der Waals surface area contributed by atoms with Crippen molar-refractivity contribution in [2.45, 2.75) is 32.6 Å². The molecule has 3 aromatic rings. The van der Waals surface area contributed by atoms with Gasteiger partial charge in [0.25, 0.3) is 0 Å². The van der Waals surface area contributed by atoms with Crippen LogP contribution in [0.3, 0.4) is 0 Å². The Hall–Kier alpha value is -2.51. The second kappa shape index (κ2) is 6.66. The van der Waals surface area contributed by atoms with Gasteiger partial charge in [-0.05, 0) is 6.07 Å². The lowest BCUT2D eigenvalue weighted by Crippen LogP contribution is -2.28. The zero-order chi connectivity index (χ0) is 17.3. The minimum absolute atomic E-state index is 0.902. The van der Waals surface area contributed by atoms with Gasteiger partial charge in [0, 0.05) is 51.3 Å². The Labute approximate surface area is 152 Å². The molecule has 0 saturated carbocycles. The Morgan fingerprint density at radius 2 is 1.92 bits per heavy atom. The van der Waals surface area contributed by atoms with Gasteiger partial charge in [0.15, 0.2) is 5.82 Å². The molecule has 4 heterocycles. The quantitative estimate of drug-likeness (QED) is 0.772. The number of fused-ring (bicyclic) bond motifs is 2. The highest BCUT2D eigenvalue weighted by atomic mass is 15.3. The Kier molecular flexibility index (Phi) is 4.03. The highest BCUT2D eigenvalue weighted by Gasteiger charge is 2.21. The van der Waals surface area contributed by atoms with E-state index in [1.807, 2.05) is 6.07 Å². The molecule has 0 spiro atoms. The standard InChI is InChI=1S/C19H23N7/c1-2-4-15(5-3-1)19-22-21-18-6-8-24(10-11-25(18)19)14-16-12-17-13-20-7-9-26(17)23-16/h1-5,12,20H,6-11,13-14H2. The third kappa shape index (κ3) is 2.93. The first kappa shape index (κ1) is 15.7. The summed E-state index contributed by atoms with van der Waals surface area (Å²) in [5.41, 5.74) is 3.60. The highest BCUT2D eigenvalue weighted by molar-refractivity contribution is 5.55. The van der Waals surface area contributed by atoms with Crippen molar-refractivity contribution in [2.24, 2.45) is 0 Å². The molecule has 5 rings (SSSR count). The van der Waals surface area contributed by atoms with Gasteiger partial charge in [-0.1, -0.05) is 30.3 Å². The number of hydrogen-bond acceptors (Lipinski definition) is 5. The van der Waals surface area contributed by atoms with Crippen LogP contribution < -0.4 is 5.32 Å². The zero-order valence-electron chi connectivity index (χ0n) is 14.8. The molecule has 7 nitrogen and oxygen atoms in total. The highest BCUT2D eigenvalue weighted by Crippen LogP contribution is 2.20. The lowest BCUT2D eigenvalue weighted by atomic mass is 10.2. The van der Waals surface area contributed by atoms with Gasteiger partial charge in [-0.15, -0.1) is 10.2 Å². The van der Waals surface area contributed by atoms with Crippen LogP contribution in [0, 0.1) is 0 Å². The SMILES string of the molecule is c1ccc(-c2nnc3n2CCN(Cc2cc4n(n2)CCNC4)CC3)cc1. The lowest BCUT2D eigenvalue weighted by Gasteiger charge is -2.18. The van der Waals surface area contributed by atoms with E-state index in [4.69, 9.17) is 5.10 Å². The molecule has 2 aliphatic rings. The van der Waals surface area contributed by atoms with E-state index in [1.165, 1.54) is 11.4 Å². The molecular formula is C19H23N7. The molecule has 7 heteroatoms. The molecule has 2 aromatic heterocycles. The molecule has 0 bridgehead atoms. The Morgan fingerprint density at radius 1 is 1.00 bits per heavy atom. The summed E-state index contributed by atoms with van der Waals surface area (Å²) in [6, 6.07) is 12.6. The number of benzene rings is 1. The maximum atomic E-state index is 4.78. The molecule has 0 aliphatic carbocycles. The largest absolute Gasteiger partial charge is 0.310 e. The summed E-state index contributed by atoms with van der Waals surface area (Å²) in [7, 11) is 0. The smallest absolute Gasteiger partial charge is 0.164 e. The van der Waals surface area contributed by atoms with Crippen LogP contribution in [0.2, 0.25) is 0 Å². The van der Waals surface area contributed by atoms with E-state index in [1.54, 1.807) is 0 Å². The zero-order valence-corrected chi connectivity index (χ0v) is 14.8. The second-order valence-electron chi connectivity index (χ2n) is 7.01. The topological polar surface area (TPSA) is 63.8 Å². The molecule has 0 radical (unpaired) electrons. The summed E-state index contributed by atoms with van der Waals surface area (Å²) in [6.07, 6.45) is 0.926. The molecule has 0 fully saturated rings. The van der Waals surface area contributed by atoms with Crippen LogP contribution in [-0.2, 0) is 32.6 Å². The van der Waals surface area contributed by atoms with Crippen LogP contribution in [0.5, 0.6) is 0 Å². The van der Waals surface area contributed by atoms with Crippen LogP contribution in [0.15, 0.2) is 36.4 Å². The van der Waals surface area contributed by atoms with Gasteiger partial charge in [-0.3, -0.25) is 9.58 Å². The fourth-order valence-electron chi connectivity index (χ4n) is 3.88. The van der Waals surface area contributed by atoms with Gasteiger partial charge in [-0.2, -0.15) is 5.10 Å². The van der Waals surface area contributed by atoms with E-state index in [0.29, 0.717) is 0 Å². The number of nitrogens with one attached hydrogen (secondary N) is 1. The molecule has 1 aromatic carbocycles. The summed E-state index contributed by atoms with van der Waals surface area (Å²) in [5.74, 6) is 2.06. The number of rotatable bonds is 3. The summed E-state index contributed by atoms with van der Waals surface area (Å²) in [6.45, 7) is 6.71. The second-order valence-corrected chi connectivity index (χ2v) is 7.01. The van der Waals surface area contributed by atoms with E-state index in [9.17, 15) is 0 Å². The average molecular weight is 349 g/mol. The fraction of sp³-hybridized carbons (Fsp3) is 0.421. The van der Waals surface area contributed by atoms with Crippen molar-refractivity contribution < 1.29 is 0 Å². The predicted molar refractivity (Wildman–Crippen MR) is 98.4 cm³/mol.